The molecule has 2 aromatic carbocycles. The zero-order valence-corrected chi connectivity index (χ0v) is 16.8. The minimum atomic E-state index is -0.404. The predicted molar refractivity (Wildman–Crippen MR) is 109 cm³/mol. The molecule has 0 fully saturated rings. The summed E-state index contributed by atoms with van der Waals surface area (Å²) in [6.07, 6.45) is 0. The summed E-state index contributed by atoms with van der Waals surface area (Å²) in [6.45, 7) is 3.12. The van der Waals surface area contributed by atoms with E-state index in [-0.39, 0.29) is 21.5 Å². The smallest absolute Gasteiger partial charge is 0.165 e. The molecule has 0 aliphatic rings. The van der Waals surface area contributed by atoms with Crippen molar-refractivity contribution in [3.05, 3.63) is 63.9 Å². The number of aromatic hydroxyl groups is 1. The molecule has 0 saturated carbocycles. The Morgan fingerprint density at radius 1 is 1.07 bits per heavy atom. The van der Waals surface area contributed by atoms with Crippen molar-refractivity contribution in [3.63, 3.8) is 0 Å². The Hall–Kier alpha value is -2.57. The number of aromatic nitrogens is 2. The summed E-state index contributed by atoms with van der Waals surface area (Å²) in [4.78, 5) is 1.97. The number of hydrogen-bond donors (Lipinski definition) is 1. The predicted octanol–water partition coefficient (Wildman–Crippen LogP) is 5.33. The van der Waals surface area contributed by atoms with Gasteiger partial charge in [0.1, 0.15) is 0 Å². The SMILES string of the molecule is CCN(Cc1ccc(OC)c(F)c1)c1ccc(-c2cc(Cl)c(O)c(Cl)c2)nn1. The summed E-state index contributed by atoms with van der Waals surface area (Å²) in [6, 6.07) is 11.6. The van der Waals surface area contributed by atoms with Crippen LogP contribution in [0.25, 0.3) is 11.3 Å². The van der Waals surface area contributed by atoms with Crippen molar-refractivity contribution in [1.29, 1.82) is 0 Å². The van der Waals surface area contributed by atoms with Crippen LogP contribution in [-0.4, -0.2) is 29.0 Å². The molecule has 28 heavy (non-hydrogen) atoms. The number of nitrogens with zero attached hydrogens (tertiary/aromatic N) is 3. The van der Waals surface area contributed by atoms with E-state index in [9.17, 15) is 9.50 Å². The van der Waals surface area contributed by atoms with Crippen molar-refractivity contribution in [1.82, 2.24) is 10.2 Å². The first kappa shape index (κ1) is 20.2. The number of hydrogen-bond acceptors (Lipinski definition) is 5. The lowest BCUT2D eigenvalue weighted by atomic mass is 10.1. The molecule has 8 heteroatoms. The van der Waals surface area contributed by atoms with E-state index in [0.29, 0.717) is 30.2 Å². The third-order valence-electron chi connectivity index (χ3n) is 4.26. The number of halogens is 3. The minimum Gasteiger partial charge on any atom is -0.505 e. The molecular formula is C20H18Cl2FN3O2. The third-order valence-corrected chi connectivity index (χ3v) is 4.83. The van der Waals surface area contributed by atoms with Crippen LogP contribution in [0.1, 0.15) is 12.5 Å². The summed E-state index contributed by atoms with van der Waals surface area (Å²) >= 11 is 11.9. The first-order valence-electron chi connectivity index (χ1n) is 8.52. The Balaban J connectivity index is 1.82. The highest BCUT2D eigenvalue weighted by Gasteiger charge is 2.13. The summed E-state index contributed by atoms with van der Waals surface area (Å²) in [5.74, 6) is 0.291. The average molecular weight is 422 g/mol. The van der Waals surface area contributed by atoms with Crippen LogP contribution in [0.3, 0.4) is 0 Å². The molecule has 0 unspecified atom stereocenters. The highest BCUT2D eigenvalue weighted by Crippen LogP contribution is 2.36. The van der Waals surface area contributed by atoms with Crippen molar-refractivity contribution < 1.29 is 14.2 Å². The zero-order chi connectivity index (χ0) is 20.3. The van der Waals surface area contributed by atoms with Crippen LogP contribution >= 0.6 is 23.2 Å². The van der Waals surface area contributed by atoms with Crippen LogP contribution < -0.4 is 9.64 Å². The summed E-state index contributed by atoms with van der Waals surface area (Å²) in [5.41, 5.74) is 2.01. The highest BCUT2D eigenvalue weighted by molar-refractivity contribution is 6.37. The van der Waals surface area contributed by atoms with E-state index < -0.39 is 5.82 Å². The van der Waals surface area contributed by atoms with Crippen LogP contribution in [0.15, 0.2) is 42.5 Å². The van der Waals surface area contributed by atoms with Crippen LogP contribution in [0, 0.1) is 5.82 Å². The molecule has 0 aliphatic carbocycles. The molecule has 1 heterocycles. The van der Waals surface area contributed by atoms with E-state index in [0.717, 1.165) is 5.56 Å². The fourth-order valence-corrected chi connectivity index (χ4v) is 3.23. The average Bonchev–Trinajstić information content (AvgIpc) is 2.70. The number of phenolic OH excluding ortho intramolecular Hbond substituents is 1. The number of methoxy groups -OCH3 is 1. The molecule has 5 nitrogen and oxygen atoms in total. The van der Waals surface area contributed by atoms with Gasteiger partial charge in [0.2, 0.25) is 0 Å². The lowest BCUT2D eigenvalue weighted by Gasteiger charge is -2.22. The Morgan fingerprint density at radius 3 is 2.32 bits per heavy atom. The number of anilines is 1. The van der Waals surface area contributed by atoms with Crippen molar-refractivity contribution in [2.24, 2.45) is 0 Å². The Morgan fingerprint density at radius 2 is 1.79 bits per heavy atom. The van der Waals surface area contributed by atoms with Gasteiger partial charge in [-0.1, -0.05) is 29.3 Å². The third kappa shape index (κ3) is 4.29. The second-order valence-corrected chi connectivity index (χ2v) is 6.86. The number of ether oxygens (including phenoxy) is 1. The van der Waals surface area contributed by atoms with Gasteiger partial charge in [0, 0.05) is 18.7 Å². The van der Waals surface area contributed by atoms with Crippen LogP contribution in [-0.2, 0) is 6.54 Å². The van der Waals surface area contributed by atoms with Gasteiger partial charge >= 0.3 is 0 Å². The Kier molecular flexibility index (Phi) is 6.21. The standard InChI is InChI=1S/C20H18Cl2FN3O2/c1-3-26(11-12-4-6-18(28-2)16(23)8-12)19-7-5-17(24-25-19)13-9-14(21)20(27)15(22)10-13/h4-10,27H,3,11H2,1-2H3. The fourth-order valence-electron chi connectivity index (χ4n) is 2.74. The maximum Gasteiger partial charge on any atom is 0.165 e. The zero-order valence-electron chi connectivity index (χ0n) is 15.3. The molecule has 0 atom stereocenters. The molecule has 3 rings (SSSR count). The molecule has 0 amide bonds. The van der Waals surface area contributed by atoms with Crippen molar-refractivity contribution >= 4 is 29.0 Å². The van der Waals surface area contributed by atoms with E-state index >= 15 is 0 Å². The number of rotatable bonds is 6. The number of phenols is 1. The topological polar surface area (TPSA) is 58.5 Å². The van der Waals surface area contributed by atoms with Gasteiger partial charge in [-0.05, 0) is 48.9 Å². The first-order valence-corrected chi connectivity index (χ1v) is 9.28. The quantitative estimate of drug-likeness (QED) is 0.582. The van der Waals surface area contributed by atoms with Crippen LogP contribution in [0.2, 0.25) is 10.0 Å². The van der Waals surface area contributed by atoms with Gasteiger partial charge in [0.05, 0.1) is 22.8 Å². The normalized spacial score (nSPS) is 10.8. The first-order chi connectivity index (χ1) is 13.4. The molecule has 0 aliphatic heterocycles. The van der Waals surface area contributed by atoms with Gasteiger partial charge in [-0.2, -0.15) is 0 Å². The monoisotopic (exact) mass is 421 g/mol. The molecule has 0 saturated heterocycles. The van der Waals surface area contributed by atoms with Gasteiger partial charge in [0.15, 0.2) is 23.1 Å². The second-order valence-electron chi connectivity index (χ2n) is 6.05. The molecule has 3 aromatic rings. The van der Waals surface area contributed by atoms with Crippen LogP contribution in [0.5, 0.6) is 11.5 Å². The van der Waals surface area contributed by atoms with E-state index in [1.165, 1.54) is 13.2 Å². The molecule has 146 valence electrons. The highest BCUT2D eigenvalue weighted by atomic mass is 35.5. The van der Waals surface area contributed by atoms with Gasteiger partial charge in [-0.15, -0.1) is 10.2 Å². The van der Waals surface area contributed by atoms with Crippen LogP contribution in [0.4, 0.5) is 10.2 Å². The van der Waals surface area contributed by atoms with Crippen molar-refractivity contribution in [3.8, 4) is 22.8 Å². The number of benzene rings is 2. The molecule has 1 N–H and O–H groups in total. The van der Waals surface area contributed by atoms with Gasteiger partial charge in [-0.25, -0.2) is 4.39 Å². The second kappa shape index (κ2) is 8.63. The fraction of sp³-hybridized carbons (Fsp3) is 0.200. The molecule has 0 spiro atoms. The Bertz CT molecular complexity index is 961. The summed E-state index contributed by atoms with van der Waals surface area (Å²) < 4.78 is 18.9. The molecular weight excluding hydrogens is 404 g/mol. The summed E-state index contributed by atoms with van der Waals surface area (Å²) in [5, 5.41) is 18.5. The summed E-state index contributed by atoms with van der Waals surface area (Å²) in [7, 11) is 1.43. The maximum atomic E-state index is 13.9. The lowest BCUT2D eigenvalue weighted by Crippen LogP contribution is -2.23. The van der Waals surface area contributed by atoms with Gasteiger partial charge in [0.25, 0.3) is 0 Å². The van der Waals surface area contributed by atoms with E-state index in [2.05, 4.69) is 10.2 Å². The molecule has 1 aromatic heterocycles. The molecule has 0 radical (unpaired) electrons. The maximum absolute atomic E-state index is 13.9. The lowest BCUT2D eigenvalue weighted by molar-refractivity contribution is 0.386. The van der Waals surface area contributed by atoms with Gasteiger partial charge < -0.3 is 14.7 Å². The van der Waals surface area contributed by atoms with E-state index in [4.69, 9.17) is 27.9 Å². The van der Waals surface area contributed by atoms with E-state index in [1.54, 1.807) is 24.3 Å². The Labute approximate surface area is 172 Å². The van der Waals surface area contributed by atoms with Crippen molar-refractivity contribution in [2.75, 3.05) is 18.6 Å². The minimum absolute atomic E-state index is 0.144. The van der Waals surface area contributed by atoms with Crippen molar-refractivity contribution in [2.45, 2.75) is 13.5 Å². The molecule has 0 bridgehead atoms. The van der Waals surface area contributed by atoms with Gasteiger partial charge in [-0.3, -0.25) is 0 Å². The largest absolute Gasteiger partial charge is 0.505 e. The van der Waals surface area contributed by atoms with E-state index in [1.807, 2.05) is 24.0 Å².